The number of aromatic nitrogens is 3. The molecule has 2 aromatic rings. The molecule has 1 saturated heterocycles. The molecule has 1 aliphatic heterocycles. The molecule has 0 N–H and O–H groups in total. The van der Waals surface area contributed by atoms with Crippen LogP contribution in [0.15, 0.2) is 36.9 Å². The molecule has 0 bridgehead atoms. The van der Waals surface area contributed by atoms with Crippen LogP contribution < -0.4 is 0 Å². The summed E-state index contributed by atoms with van der Waals surface area (Å²) in [5.41, 5.74) is 1.65. The Labute approximate surface area is 118 Å². The minimum absolute atomic E-state index is 0.127. The second kappa shape index (κ2) is 5.45. The number of rotatable bonds is 2. The van der Waals surface area contributed by atoms with E-state index in [4.69, 9.17) is 0 Å². The van der Waals surface area contributed by atoms with Gasteiger partial charge in [0, 0.05) is 18.7 Å². The van der Waals surface area contributed by atoms with E-state index in [1.807, 2.05) is 29.2 Å². The standard InChI is InChI=1S/C15H18N4O/c1-12-3-2-8-18(9-12)15(20)13-4-6-14(7-5-13)19-11-16-10-17-19/h4-7,10-12H,2-3,8-9H2,1H3/t12-/m1/s1. The molecule has 0 unspecified atom stereocenters. The van der Waals surface area contributed by atoms with E-state index in [0.29, 0.717) is 5.92 Å². The normalized spacial score (nSPS) is 19.1. The molecular formula is C15H18N4O. The zero-order valence-electron chi connectivity index (χ0n) is 11.6. The van der Waals surface area contributed by atoms with Crippen LogP contribution in [-0.4, -0.2) is 38.7 Å². The predicted octanol–water partition coefficient (Wildman–Crippen LogP) is 2.14. The number of hydrogen-bond donors (Lipinski definition) is 0. The number of nitrogens with zero attached hydrogens (tertiary/aromatic N) is 4. The molecule has 3 rings (SSSR count). The smallest absolute Gasteiger partial charge is 0.253 e. The van der Waals surface area contributed by atoms with Crippen LogP contribution in [0.5, 0.6) is 0 Å². The van der Waals surface area contributed by atoms with Crippen molar-refractivity contribution in [2.75, 3.05) is 13.1 Å². The van der Waals surface area contributed by atoms with Crippen molar-refractivity contribution in [3.8, 4) is 5.69 Å². The second-order valence-electron chi connectivity index (χ2n) is 5.39. The lowest BCUT2D eigenvalue weighted by atomic mass is 9.99. The van der Waals surface area contributed by atoms with Crippen LogP contribution in [0.4, 0.5) is 0 Å². The lowest BCUT2D eigenvalue weighted by Crippen LogP contribution is -2.39. The molecule has 20 heavy (non-hydrogen) atoms. The molecule has 0 aliphatic carbocycles. The van der Waals surface area contributed by atoms with E-state index < -0.39 is 0 Å². The zero-order chi connectivity index (χ0) is 13.9. The highest BCUT2D eigenvalue weighted by molar-refractivity contribution is 5.94. The predicted molar refractivity (Wildman–Crippen MR) is 75.7 cm³/mol. The lowest BCUT2D eigenvalue weighted by molar-refractivity contribution is 0.0683. The minimum Gasteiger partial charge on any atom is -0.338 e. The van der Waals surface area contributed by atoms with Gasteiger partial charge in [0.15, 0.2) is 0 Å². The van der Waals surface area contributed by atoms with Gasteiger partial charge in [-0.1, -0.05) is 6.92 Å². The molecule has 0 saturated carbocycles. The summed E-state index contributed by atoms with van der Waals surface area (Å²) in [5, 5.41) is 4.07. The molecule has 1 aliphatic rings. The summed E-state index contributed by atoms with van der Waals surface area (Å²) < 4.78 is 1.68. The molecule has 104 valence electrons. The van der Waals surface area contributed by atoms with E-state index in [-0.39, 0.29) is 5.91 Å². The summed E-state index contributed by atoms with van der Waals surface area (Å²) in [7, 11) is 0. The van der Waals surface area contributed by atoms with Gasteiger partial charge in [0.2, 0.25) is 0 Å². The SMILES string of the molecule is C[C@@H]1CCCN(C(=O)c2ccc(-n3cncn3)cc2)C1. The topological polar surface area (TPSA) is 51.0 Å². The highest BCUT2D eigenvalue weighted by atomic mass is 16.2. The van der Waals surface area contributed by atoms with Gasteiger partial charge >= 0.3 is 0 Å². The fourth-order valence-corrected chi connectivity index (χ4v) is 2.65. The fourth-order valence-electron chi connectivity index (χ4n) is 2.65. The molecule has 1 aromatic heterocycles. The third-order valence-corrected chi connectivity index (χ3v) is 3.74. The zero-order valence-corrected chi connectivity index (χ0v) is 11.6. The van der Waals surface area contributed by atoms with Crippen LogP contribution in [0.3, 0.4) is 0 Å². The first kappa shape index (κ1) is 12.8. The van der Waals surface area contributed by atoms with Crippen molar-refractivity contribution in [2.24, 2.45) is 5.92 Å². The molecular weight excluding hydrogens is 252 g/mol. The maximum Gasteiger partial charge on any atom is 0.253 e. The molecule has 2 heterocycles. The quantitative estimate of drug-likeness (QED) is 0.840. The van der Waals surface area contributed by atoms with Crippen LogP contribution in [0.1, 0.15) is 30.1 Å². The van der Waals surface area contributed by atoms with E-state index >= 15 is 0 Å². The largest absolute Gasteiger partial charge is 0.338 e. The number of piperidine rings is 1. The van der Waals surface area contributed by atoms with Crippen LogP contribution in [-0.2, 0) is 0 Å². The van der Waals surface area contributed by atoms with Crippen LogP contribution in [0.2, 0.25) is 0 Å². The molecule has 5 nitrogen and oxygen atoms in total. The van der Waals surface area contributed by atoms with Crippen molar-refractivity contribution >= 4 is 5.91 Å². The first-order valence-corrected chi connectivity index (χ1v) is 6.98. The van der Waals surface area contributed by atoms with E-state index in [2.05, 4.69) is 17.0 Å². The molecule has 0 spiro atoms. The summed E-state index contributed by atoms with van der Waals surface area (Å²) >= 11 is 0. The molecule has 1 amide bonds. The average Bonchev–Trinajstić information content (AvgIpc) is 3.01. The van der Waals surface area contributed by atoms with Crippen molar-refractivity contribution in [1.82, 2.24) is 19.7 Å². The van der Waals surface area contributed by atoms with Gasteiger partial charge in [-0.25, -0.2) is 9.67 Å². The Morgan fingerprint density at radius 1 is 1.30 bits per heavy atom. The Balaban J connectivity index is 1.75. The Kier molecular flexibility index (Phi) is 3.50. The number of hydrogen-bond acceptors (Lipinski definition) is 3. The molecule has 5 heteroatoms. The summed E-state index contributed by atoms with van der Waals surface area (Å²) in [6, 6.07) is 7.52. The Morgan fingerprint density at radius 3 is 2.75 bits per heavy atom. The summed E-state index contributed by atoms with van der Waals surface area (Å²) in [6.45, 7) is 3.94. The monoisotopic (exact) mass is 270 g/mol. The molecule has 1 aromatic carbocycles. The maximum atomic E-state index is 12.4. The van der Waals surface area contributed by atoms with Gasteiger partial charge in [-0.2, -0.15) is 5.10 Å². The number of carbonyl (C=O) groups excluding carboxylic acids is 1. The van der Waals surface area contributed by atoms with Crippen LogP contribution in [0, 0.1) is 5.92 Å². The van der Waals surface area contributed by atoms with E-state index in [1.54, 1.807) is 11.0 Å². The molecule has 1 atom stereocenters. The first-order valence-electron chi connectivity index (χ1n) is 6.98. The summed E-state index contributed by atoms with van der Waals surface area (Å²) in [5.74, 6) is 0.726. The summed E-state index contributed by atoms with van der Waals surface area (Å²) in [4.78, 5) is 18.3. The number of amides is 1. The van der Waals surface area contributed by atoms with Gasteiger partial charge < -0.3 is 4.90 Å². The van der Waals surface area contributed by atoms with Crippen molar-refractivity contribution in [3.05, 3.63) is 42.5 Å². The van der Waals surface area contributed by atoms with Crippen molar-refractivity contribution in [3.63, 3.8) is 0 Å². The first-order chi connectivity index (χ1) is 9.74. The van der Waals surface area contributed by atoms with E-state index in [0.717, 1.165) is 30.8 Å². The van der Waals surface area contributed by atoms with Crippen LogP contribution >= 0.6 is 0 Å². The number of likely N-dealkylation sites (tertiary alicyclic amines) is 1. The third-order valence-electron chi connectivity index (χ3n) is 3.74. The Hall–Kier alpha value is -2.17. The second-order valence-corrected chi connectivity index (χ2v) is 5.39. The van der Waals surface area contributed by atoms with Gasteiger partial charge in [-0.05, 0) is 43.0 Å². The van der Waals surface area contributed by atoms with Crippen LogP contribution in [0.25, 0.3) is 5.69 Å². The third kappa shape index (κ3) is 2.57. The lowest BCUT2D eigenvalue weighted by Gasteiger charge is -2.31. The van der Waals surface area contributed by atoms with E-state index in [1.165, 1.54) is 12.7 Å². The van der Waals surface area contributed by atoms with Gasteiger partial charge in [-0.15, -0.1) is 0 Å². The Bertz CT molecular complexity index is 576. The minimum atomic E-state index is 0.127. The van der Waals surface area contributed by atoms with Crippen molar-refractivity contribution < 1.29 is 4.79 Å². The van der Waals surface area contributed by atoms with Gasteiger partial charge in [0.05, 0.1) is 5.69 Å². The molecule has 1 fully saturated rings. The van der Waals surface area contributed by atoms with Gasteiger partial charge in [0.1, 0.15) is 12.7 Å². The highest BCUT2D eigenvalue weighted by Gasteiger charge is 2.21. The summed E-state index contributed by atoms with van der Waals surface area (Å²) in [6.07, 6.45) is 5.45. The van der Waals surface area contributed by atoms with Gasteiger partial charge in [-0.3, -0.25) is 4.79 Å². The Morgan fingerprint density at radius 2 is 2.10 bits per heavy atom. The molecule has 0 radical (unpaired) electrons. The van der Waals surface area contributed by atoms with E-state index in [9.17, 15) is 4.79 Å². The number of benzene rings is 1. The average molecular weight is 270 g/mol. The highest BCUT2D eigenvalue weighted by Crippen LogP contribution is 2.18. The van der Waals surface area contributed by atoms with Gasteiger partial charge in [0.25, 0.3) is 5.91 Å². The fraction of sp³-hybridized carbons (Fsp3) is 0.400. The van der Waals surface area contributed by atoms with Crippen molar-refractivity contribution in [2.45, 2.75) is 19.8 Å². The van der Waals surface area contributed by atoms with Crippen molar-refractivity contribution in [1.29, 1.82) is 0 Å². The maximum absolute atomic E-state index is 12.4. The number of carbonyl (C=O) groups is 1.